The van der Waals surface area contributed by atoms with E-state index < -0.39 is 308 Å². The van der Waals surface area contributed by atoms with Gasteiger partial charge in [0.1, 0.15) is 128 Å². The maximum Gasteiger partial charge on any atom is 0.364 e. The number of aliphatic hydroxyl groups excluding tert-OH is 19. The first-order chi connectivity index (χ1) is 61.6. The summed E-state index contributed by atoms with van der Waals surface area (Å²) < 4.78 is 72.6. The van der Waals surface area contributed by atoms with Gasteiger partial charge < -0.3 is 185 Å². The van der Waals surface area contributed by atoms with Gasteiger partial charge in [-0.05, 0) is 19.8 Å². The molecule has 0 radical (unpaired) electrons. The van der Waals surface area contributed by atoms with Gasteiger partial charge in [-0.15, -0.1) is 0 Å². The Labute approximate surface area is 754 Å². The maximum absolute atomic E-state index is 14.4. The van der Waals surface area contributed by atoms with E-state index in [9.17, 15) is 136 Å². The molecular weight excluding hydrogens is 1710 g/mol. The van der Waals surface area contributed by atoms with E-state index in [-0.39, 0.29) is 12.8 Å². The molecule has 6 saturated heterocycles. The van der Waals surface area contributed by atoms with E-state index in [0.717, 1.165) is 91.4 Å². The molecule has 42 heteroatoms. The van der Waals surface area contributed by atoms with E-state index in [4.69, 9.17) is 56.8 Å². The fraction of sp³-hybridized carbons (Fsp3) is 0.931. The number of hydrogen-bond donors (Lipinski definition) is 24. The Morgan fingerprint density at radius 1 is 0.411 bits per heavy atom. The summed E-state index contributed by atoms with van der Waals surface area (Å²) in [6, 6.07) is -5.01. The van der Waals surface area contributed by atoms with Gasteiger partial charge in [0.25, 0.3) is 11.6 Å². The lowest BCUT2D eigenvalue weighted by Crippen LogP contribution is -2.72. The van der Waals surface area contributed by atoms with Crippen LogP contribution in [0.1, 0.15) is 259 Å². The molecule has 6 aliphatic heterocycles. The molecule has 0 spiro atoms. The topological polar surface area (TPSA) is 674 Å². The third-order valence-corrected chi connectivity index (χ3v) is 25.2. The number of Topliss-reactive ketones (excluding diaryl/α,β-unsaturated/α-hetero) is 1. The lowest BCUT2D eigenvalue weighted by atomic mass is 9.86. The van der Waals surface area contributed by atoms with Gasteiger partial charge in [0, 0.05) is 45.4 Å². The van der Waals surface area contributed by atoms with Crippen LogP contribution in [0.5, 0.6) is 0 Å². The highest BCUT2D eigenvalue weighted by atomic mass is 16.8. The molecule has 6 heterocycles. The van der Waals surface area contributed by atoms with Crippen molar-refractivity contribution in [3.05, 3.63) is 0 Å². The van der Waals surface area contributed by atoms with E-state index in [1.807, 2.05) is 0 Å². The van der Waals surface area contributed by atoms with Crippen LogP contribution in [0.2, 0.25) is 0 Å². The van der Waals surface area contributed by atoms with Crippen LogP contribution in [-0.4, -0.2) is 390 Å². The Kier molecular flexibility index (Phi) is 51.4. The zero-order valence-electron chi connectivity index (χ0n) is 75.4. The summed E-state index contributed by atoms with van der Waals surface area (Å²) >= 11 is 0. The van der Waals surface area contributed by atoms with Gasteiger partial charge in [0.05, 0.1) is 88.8 Å². The van der Waals surface area contributed by atoms with E-state index >= 15 is 0 Å². The number of carboxylic acids is 2. The Morgan fingerprint density at radius 3 is 1.28 bits per heavy atom. The summed E-state index contributed by atoms with van der Waals surface area (Å²) in [6.07, 6.45) is -31.0. The number of nitrogens with one attached hydrogen (secondary N) is 3. The second-order valence-electron chi connectivity index (χ2n) is 35.7. The average Bonchev–Trinajstić information content (AvgIpc) is 0.750. The lowest BCUT2D eigenvalue weighted by molar-refractivity contribution is -0.407. The zero-order valence-corrected chi connectivity index (χ0v) is 75.4. The van der Waals surface area contributed by atoms with Crippen molar-refractivity contribution in [3.8, 4) is 0 Å². The first kappa shape index (κ1) is 114. The summed E-state index contributed by atoms with van der Waals surface area (Å²) in [5.41, 5.74) is 0. The number of hydrogen-bond acceptors (Lipinski definition) is 37. The molecule has 34 unspecified atom stereocenters. The van der Waals surface area contributed by atoms with Crippen LogP contribution in [0.4, 0.5) is 0 Å². The Hall–Kier alpha value is -4.22. The monoisotopic (exact) mass is 1870 g/mol. The molecule has 0 aromatic heterocycles. The minimum absolute atomic E-state index is 0.113. The molecular formula is C87H155N3O39. The van der Waals surface area contributed by atoms with Crippen molar-refractivity contribution in [3.63, 3.8) is 0 Å². The fourth-order valence-corrected chi connectivity index (χ4v) is 17.8. The van der Waals surface area contributed by atoms with Gasteiger partial charge in [-0.2, -0.15) is 0 Å². The van der Waals surface area contributed by atoms with Crippen molar-refractivity contribution in [2.45, 2.75) is 461 Å². The lowest BCUT2D eigenvalue weighted by Gasteiger charge is -2.53. The summed E-state index contributed by atoms with van der Waals surface area (Å²) in [6.45, 7) is -0.689. The van der Waals surface area contributed by atoms with Crippen LogP contribution < -0.4 is 16.0 Å². The molecule has 42 nitrogen and oxygen atoms in total. The van der Waals surface area contributed by atoms with Gasteiger partial charge >= 0.3 is 11.9 Å². The van der Waals surface area contributed by atoms with Gasteiger partial charge in [-0.3, -0.25) is 14.4 Å². The van der Waals surface area contributed by atoms with Gasteiger partial charge in [0.2, 0.25) is 17.7 Å². The van der Waals surface area contributed by atoms with Gasteiger partial charge in [-0.1, -0.05) is 200 Å². The minimum Gasteiger partial charge on any atom is -0.477 e. The molecule has 0 saturated carbocycles. The van der Waals surface area contributed by atoms with Crippen LogP contribution in [0.15, 0.2) is 0 Å². The zero-order chi connectivity index (χ0) is 95.2. The molecule has 3 amide bonds. The van der Waals surface area contributed by atoms with Gasteiger partial charge in [0.15, 0.2) is 25.2 Å². The van der Waals surface area contributed by atoms with Crippen molar-refractivity contribution >= 4 is 35.4 Å². The number of rotatable bonds is 63. The number of aliphatic carboxylic acids is 2. The maximum atomic E-state index is 14.4. The predicted octanol–water partition coefficient (Wildman–Crippen LogP) is -1.77. The summed E-state index contributed by atoms with van der Waals surface area (Å²) in [7, 11) is 0. The Morgan fingerprint density at radius 2 is 0.814 bits per heavy atom. The SMILES string of the molecule is CCCCCCCCCCCCCCCCCCCC(=O)NC(COC1OC(CO)C(OC2OC(CO)C(OC3OC(CO)C(O)C(OC4OC(CO)C(O)C(O)C4O)C3CC(C)=O)C(OC3(C(=O)O)CC(O)C(NC(C)=O)C(C(O)C(CO)OC4(C(=O)O)CC(O)C(NC(C)=O)C(C(O)C(O)CO)O4)O3)C2O)C(O)C1O)C(O)CCCCCCCCCCCCCCC. The van der Waals surface area contributed by atoms with Crippen LogP contribution >= 0.6 is 0 Å². The molecule has 0 bridgehead atoms. The standard InChI is InChI=1S/C87H155N3O39/c1-6-8-10-12-14-16-18-20-21-22-23-25-27-29-31-33-35-37-62(104)90-52(53(100)36-34-32-30-28-26-24-19-17-15-13-11-9-7-2)47-118-81-72(112)70(110)75(60(45-95)121-81)124-83-73(113)79(76(61(46-96)122-83)125-80-51(38-48(3)97)74(67(107)58(43-93)119-80)123-82-71(111)69(109)66(106)57(42-92)120-82)129-87(85(116)117)40-55(102)64(89-50(5)99)78(128-87)68(108)59(44-94)126-86(84(114)115)39-54(101)63(88-49(4)98)77(127-86)65(105)56(103)41-91/h51-61,63-83,91-96,100-103,105-113H,6-47H2,1-5H3,(H,88,98)(H,89,99)(H,90,104)(H,114,115)(H,116,117). The first-order valence-electron chi connectivity index (χ1n) is 46.8. The van der Waals surface area contributed by atoms with Gasteiger partial charge in [-0.25, -0.2) is 9.59 Å². The highest BCUT2D eigenvalue weighted by Crippen LogP contribution is 2.44. The molecule has 6 rings (SSSR count). The summed E-state index contributed by atoms with van der Waals surface area (Å²) in [5, 5.41) is 246. The number of unbranched alkanes of at least 4 members (excludes halogenated alkanes) is 28. The Bertz CT molecular complexity index is 3180. The van der Waals surface area contributed by atoms with Crippen molar-refractivity contribution in [1.29, 1.82) is 0 Å². The van der Waals surface area contributed by atoms with Crippen molar-refractivity contribution in [2.75, 3.05) is 46.2 Å². The third kappa shape index (κ3) is 33.9. The normalized spacial score (nSPS) is 34.7. The predicted molar refractivity (Wildman–Crippen MR) is 450 cm³/mol. The quantitative estimate of drug-likeness (QED) is 0.0300. The van der Waals surface area contributed by atoms with Crippen LogP contribution in [0.25, 0.3) is 0 Å². The van der Waals surface area contributed by atoms with E-state index in [0.29, 0.717) is 12.8 Å². The molecule has 0 aliphatic carbocycles. The number of aliphatic hydroxyl groups is 19. The largest absolute Gasteiger partial charge is 0.477 e. The molecule has 0 aromatic carbocycles. The number of carbonyl (C=O) groups is 6. The third-order valence-electron chi connectivity index (χ3n) is 25.2. The number of carbonyl (C=O) groups excluding carboxylic acids is 4. The molecule has 34 atom stereocenters. The molecule has 6 aliphatic rings. The highest BCUT2D eigenvalue weighted by molar-refractivity contribution is 5.78. The number of ketones is 1. The number of carboxylic acid groups (broad SMARTS) is 2. The van der Waals surface area contributed by atoms with Crippen LogP contribution in [-0.2, 0) is 85.6 Å². The smallest absolute Gasteiger partial charge is 0.364 e. The van der Waals surface area contributed by atoms with Crippen molar-refractivity contribution in [2.24, 2.45) is 5.92 Å². The van der Waals surface area contributed by atoms with Crippen LogP contribution in [0.3, 0.4) is 0 Å². The van der Waals surface area contributed by atoms with Crippen molar-refractivity contribution in [1.82, 2.24) is 16.0 Å². The Balaban J connectivity index is 1.31. The number of ether oxygens (including phenoxy) is 12. The summed E-state index contributed by atoms with van der Waals surface area (Å²) in [5.74, 6) is -16.5. The molecule has 24 N–H and O–H groups in total. The van der Waals surface area contributed by atoms with E-state index in [2.05, 4.69) is 29.8 Å². The number of amides is 3. The van der Waals surface area contributed by atoms with Crippen LogP contribution in [0, 0.1) is 5.92 Å². The minimum atomic E-state index is -3.67. The molecule has 0 aromatic rings. The summed E-state index contributed by atoms with van der Waals surface area (Å²) in [4.78, 5) is 80.6. The fourth-order valence-electron chi connectivity index (χ4n) is 17.8. The second-order valence-corrected chi connectivity index (χ2v) is 35.7. The highest BCUT2D eigenvalue weighted by Gasteiger charge is 2.64. The molecule has 6 fully saturated rings. The van der Waals surface area contributed by atoms with E-state index in [1.54, 1.807) is 0 Å². The van der Waals surface area contributed by atoms with Crippen molar-refractivity contribution < 1.29 is 193 Å². The van der Waals surface area contributed by atoms with E-state index in [1.165, 1.54) is 109 Å². The first-order valence-corrected chi connectivity index (χ1v) is 46.8. The second kappa shape index (κ2) is 58.4. The molecule has 129 heavy (non-hydrogen) atoms. The molecule has 752 valence electrons. The average molecular weight is 1870 g/mol.